The van der Waals surface area contributed by atoms with Gasteiger partial charge in [0.15, 0.2) is 0 Å². The van der Waals surface area contributed by atoms with E-state index in [0.29, 0.717) is 0 Å². The molecule has 0 aliphatic rings. The van der Waals surface area contributed by atoms with Gasteiger partial charge in [-0.25, -0.2) is 4.57 Å². The maximum atomic E-state index is 11.3. The van der Waals surface area contributed by atoms with Gasteiger partial charge < -0.3 is 9.05 Å². The Hall–Kier alpha value is -0.730. The summed E-state index contributed by atoms with van der Waals surface area (Å²) in [7, 11) is -2.15. The number of phosphoric acid groups is 1. The maximum Gasteiger partial charge on any atom is 0.586 e. The largest absolute Gasteiger partial charge is 0.586 e. The number of hydrogen-bond donors (Lipinski definition) is 0. The maximum absolute atomic E-state index is 11.3. The molecule has 70 valence electrons. The SMILES string of the molecule is CC=COP(=O)(OC)OC=CC. The van der Waals surface area contributed by atoms with E-state index in [4.69, 9.17) is 9.05 Å². The molecule has 0 unspecified atom stereocenters. The highest BCUT2D eigenvalue weighted by Gasteiger charge is 2.24. The summed E-state index contributed by atoms with van der Waals surface area (Å²) in [5.41, 5.74) is 0. The van der Waals surface area contributed by atoms with E-state index in [0.717, 1.165) is 0 Å². The Morgan fingerprint density at radius 1 is 1.08 bits per heavy atom. The van der Waals surface area contributed by atoms with Crippen LogP contribution in [0.25, 0.3) is 0 Å². The fourth-order valence-electron chi connectivity index (χ4n) is 0.382. The van der Waals surface area contributed by atoms with E-state index < -0.39 is 7.82 Å². The molecule has 0 aromatic carbocycles. The Balaban J connectivity index is 4.14. The van der Waals surface area contributed by atoms with Gasteiger partial charge in [0.2, 0.25) is 0 Å². The van der Waals surface area contributed by atoms with E-state index >= 15 is 0 Å². The van der Waals surface area contributed by atoms with Gasteiger partial charge in [-0.1, -0.05) is 12.2 Å². The predicted octanol–water partition coefficient (Wildman–Crippen LogP) is 2.84. The van der Waals surface area contributed by atoms with Crippen LogP contribution < -0.4 is 0 Å². The molecule has 5 heteroatoms. The highest BCUT2D eigenvalue weighted by molar-refractivity contribution is 7.48. The van der Waals surface area contributed by atoms with Crippen molar-refractivity contribution in [3.8, 4) is 0 Å². The third-order valence-corrected chi connectivity index (χ3v) is 2.08. The van der Waals surface area contributed by atoms with Gasteiger partial charge in [0.25, 0.3) is 0 Å². The van der Waals surface area contributed by atoms with Crippen LogP contribution in [0.5, 0.6) is 0 Å². The van der Waals surface area contributed by atoms with Crippen LogP contribution >= 0.6 is 7.82 Å². The second-order valence-corrected chi connectivity index (χ2v) is 3.46. The van der Waals surface area contributed by atoms with Crippen LogP contribution in [0.3, 0.4) is 0 Å². The van der Waals surface area contributed by atoms with Crippen molar-refractivity contribution in [3.05, 3.63) is 24.7 Å². The number of allylic oxidation sites excluding steroid dienone is 2. The zero-order chi connectivity index (χ0) is 9.45. The standard InChI is InChI=1S/C7H13O4P/c1-4-6-10-12(8,9-3)11-7-5-2/h4-7H,1-3H3. The number of phosphoric ester groups is 1. The summed E-state index contributed by atoms with van der Waals surface area (Å²) in [5.74, 6) is 0. The molecule has 0 amide bonds. The molecule has 0 radical (unpaired) electrons. The normalized spacial score (nSPS) is 16.6. The molecule has 0 spiro atoms. The molecule has 4 nitrogen and oxygen atoms in total. The molecule has 0 aromatic heterocycles. The van der Waals surface area contributed by atoms with Crippen molar-refractivity contribution in [1.29, 1.82) is 0 Å². The van der Waals surface area contributed by atoms with Crippen molar-refractivity contribution in [2.45, 2.75) is 13.8 Å². The third kappa shape index (κ3) is 4.21. The molecular weight excluding hydrogens is 179 g/mol. The van der Waals surface area contributed by atoms with Crippen LogP contribution in [0.2, 0.25) is 0 Å². The quantitative estimate of drug-likeness (QED) is 0.496. The Bertz CT molecular complexity index is 191. The molecule has 12 heavy (non-hydrogen) atoms. The molecule has 0 aliphatic heterocycles. The van der Waals surface area contributed by atoms with Gasteiger partial charge >= 0.3 is 7.82 Å². The zero-order valence-electron chi connectivity index (χ0n) is 7.39. The van der Waals surface area contributed by atoms with Gasteiger partial charge in [-0.15, -0.1) is 0 Å². The molecular formula is C7H13O4P. The first kappa shape index (κ1) is 11.3. The average molecular weight is 192 g/mol. The Morgan fingerprint density at radius 2 is 1.50 bits per heavy atom. The lowest BCUT2D eigenvalue weighted by Gasteiger charge is -2.11. The highest BCUT2D eigenvalue weighted by Crippen LogP contribution is 2.48. The second kappa shape index (κ2) is 5.86. The van der Waals surface area contributed by atoms with E-state index in [1.807, 2.05) is 0 Å². The van der Waals surface area contributed by atoms with Crippen LogP contribution in [0.4, 0.5) is 0 Å². The van der Waals surface area contributed by atoms with Crippen LogP contribution in [-0.4, -0.2) is 7.11 Å². The summed E-state index contributed by atoms with van der Waals surface area (Å²) in [6, 6.07) is 0. The van der Waals surface area contributed by atoms with E-state index in [1.54, 1.807) is 26.0 Å². The predicted molar refractivity (Wildman–Crippen MR) is 46.4 cm³/mol. The smallest absolute Gasteiger partial charge is 0.403 e. The molecule has 0 N–H and O–H groups in total. The minimum absolute atomic E-state index is 1.26. The molecule has 0 aliphatic carbocycles. The number of hydrogen-bond acceptors (Lipinski definition) is 4. The first-order valence-corrected chi connectivity index (χ1v) is 4.89. The Labute approximate surface area is 72.4 Å². The fraction of sp³-hybridized carbons (Fsp3) is 0.429. The molecule has 0 heterocycles. The van der Waals surface area contributed by atoms with E-state index in [1.165, 1.54) is 19.6 Å². The van der Waals surface area contributed by atoms with Gasteiger partial charge in [0.05, 0.1) is 12.5 Å². The second-order valence-electron chi connectivity index (χ2n) is 1.78. The fourth-order valence-corrected chi connectivity index (χ4v) is 1.15. The summed E-state index contributed by atoms with van der Waals surface area (Å²) in [6.45, 7) is 3.46. The Morgan fingerprint density at radius 3 is 1.75 bits per heavy atom. The molecule has 0 fully saturated rings. The van der Waals surface area contributed by atoms with Crippen molar-refractivity contribution in [2.24, 2.45) is 0 Å². The lowest BCUT2D eigenvalue weighted by atomic mass is 10.8. The first-order chi connectivity index (χ1) is 5.68. The summed E-state index contributed by atoms with van der Waals surface area (Å²) in [4.78, 5) is 0. The minimum Gasteiger partial charge on any atom is -0.403 e. The van der Waals surface area contributed by atoms with Crippen LogP contribution in [0.1, 0.15) is 13.8 Å². The van der Waals surface area contributed by atoms with Gasteiger partial charge in [-0.3, -0.25) is 4.52 Å². The van der Waals surface area contributed by atoms with Crippen molar-refractivity contribution >= 4 is 7.82 Å². The first-order valence-electron chi connectivity index (χ1n) is 3.43. The van der Waals surface area contributed by atoms with Crippen LogP contribution in [-0.2, 0) is 18.1 Å². The lowest BCUT2D eigenvalue weighted by molar-refractivity contribution is 0.211. The van der Waals surface area contributed by atoms with Gasteiger partial charge in [-0.05, 0) is 13.8 Å². The Kier molecular flexibility index (Phi) is 5.51. The number of rotatable bonds is 5. The van der Waals surface area contributed by atoms with Gasteiger partial charge in [-0.2, -0.15) is 0 Å². The van der Waals surface area contributed by atoms with Gasteiger partial charge in [0.1, 0.15) is 0 Å². The minimum atomic E-state index is -3.41. The van der Waals surface area contributed by atoms with Crippen LogP contribution in [0.15, 0.2) is 24.7 Å². The van der Waals surface area contributed by atoms with E-state index in [-0.39, 0.29) is 0 Å². The monoisotopic (exact) mass is 192 g/mol. The van der Waals surface area contributed by atoms with Crippen molar-refractivity contribution in [1.82, 2.24) is 0 Å². The van der Waals surface area contributed by atoms with Crippen molar-refractivity contribution in [3.63, 3.8) is 0 Å². The van der Waals surface area contributed by atoms with Crippen molar-refractivity contribution < 1.29 is 18.1 Å². The zero-order valence-corrected chi connectivity index (χ0v) is 8.28. The molecule has 0 bridgehead atoms. The topological polar surface area (TPSA) is 44.8 Å². The summed E-state index contributed by atoms with van der Waals surface area (Å²) in [5, 5.41) is 0. The third-order valence-electron chi connectivity index (χ3n) is 0.876. The molecule has 0 aromatic rings. The summed E-state index contributed by atoms with van der Waals surface area (Å²) >= 11 is 0. The van der Waals surface area contributed by atoms with Gasteiger partial charge in [0, 0.05) is 7.11 Å². The lowest BCUT2D eigenvalue weighted by Crippen LogP contribution is -1.88. The molecule has 0 rings (SSSR count). The molecule has 0 saturated carbocycles. The molecule has 0 saturated heterocycles. The van der Waals surface area contributed by atoms with E-state index in [9.17, 15) is 4.57 Å². The van der Waals surface area contributed by atoms with Crippen LogP contribution in [0, 0.1) is 0 Å². The molecule has 0 atom stereocenters. The highest BCUT2D eigenvalue weighted by atomic mass is 31.2. The van der Waals surface area contributed by atoms with E-state index in [2.05, 4.69) is 4.52 Å². The van der Waals surface area contributed by atoms with Crippen molar-refractivity contribution in [2.75, 3.05) is 7.11 Å². The summed E-state index contributed by atoms with van der Waals surface area (Å²) < 4.78 is 25.3. The summed E-state index contributed by atoms with van der Waals surface area (Å²) in [6.07, 6.45) is 5.69. The average Bonchev–Trinajstić information content (AvgIpc) is 2.11.